The minimum atomic E-state index is -0.852. The molecule has 0 unspecified atom stereocenters. The number of benzene rings is 1. The van der Waals surface area contributed by atoms with Gasteiger partial charge in [-0.2, -0.15) is 0 Å². The van der Waals surface area contributed by atoms with Crippen LogP contribution in [0, 0.1) is 0 Å². The Balaban J connectivity index is 2.99. The van der Waals surface area contributed by atoms with Crippen LogP contribution in [-0.2, 0) is 0 Å². The van der Waals surface area contributed by atoms with Crippen LogP contribution in [0.1, 0.15) is 38.1 Å². The van der Waals surface area contributed by atoms with E-state index in [0.717, 1.165) is 0 Å². The predicted octanol–water partition coefficient (Wildman–Crippen LogP) is 2.91. The molecule has 0 aliphatic heterocycles. The van der Waals surface area contributed by atoms with Gasteiger partial charge in [-0.05, 0) is 23.2 Å². The number of hydrogen-bond acceptors (Lipinski definition) is 1. The first kappa shape index (κ1) is 13.0. The average molecular weight is 235 g/mol. The van der Waals surface area contributed by atoms with Crippen LogP contribution in [0.2, 0.25) is 11.1 Å². The van der Waals surface area contributed by atoms with Crippen molar-refractivity contribution in [1.82, 2.24) is 0 Å². The molecule has 16 heavy (non-hydrogen) atoms. The smallest absolute Gasteiger partial charge is 0.335 e. The highest BCUT2D eigenvalue weighted by atomic mass is 28.3. The van der Waals surface area contributed by atoms with E-state index in [4.69, 9.17) is 5.11 Å². The standard InChI is InChI=1S/C13H19O2Si/c1-9(2)16(10(3)4)12-7-5-11(6-8-12)13(14)15/h5-10H,1-4H3,(H,14,15). The van der Waals surface area contributed by atoms with E-state index in [1.54, 1.807) is 12.1 Å². The lowest BCUT2D eigenvalue weighted by atomic mass is 10.2. The lowest BCUT2D eigenvalue weighted by molar-refractivity contribution is 0.0697. The van der Waals surface area contributed by atoms with Gasteiger partial charge in [0.2, 0.25) is 0 Å². The first-order chi connectivity index (χ1) is 7.43. The summed E-state index contributed by atoms with van der Waals surface area (Å²) in [5, 5.41) is 10.2. The fraction of sp³-hybridized carbons (Fsp3) is 0.462. The third kappa shape index (κ3) is 2.95. The monoisotopic (exact) mass is 235 g/mol. The first-order valence-electron chi connectivity index (χ1n) is 5.64. The van der Waals surface area contributed by atoms with E-state index in [-0.39, 0.29) is 0 Å². The SMILES string of the molecule is CC(C)[Si](c1ccc(C(=O)O)cc1)C(C)C. The molecule has 1 aromatic carbocycles. The molecule has 0 atom stereocenters. The van der Waals surface area contributed by atoms with E-state index >= 15 is 0 Å². The minimum absolute atomic E-state index is 0.373. The minimum Gasteiger partial charge on any atom is -0.478 e. The maximum Gasteiger partial charge on any atom is 0.335 e. The molecule has 0 aromatic heterocycles. The van der Waals surface area contributed by atoms with Crippen molar-refractivity contribution in [3.05, 3.63) is 29.8 Å². The summed E-state index contributed by atoms with van der Waals surface area (Å²) in [7, 11) is -0.591. The zero-order chi connectivity index (χ0) is 12.3. The lowest BCUT2D eigenvalue weighted by Crippen LogP contribution is -2.35. The Labute approximate surface area is 98.9 Å². The van der Waals surface area contributed by atoms with Crippen LogP contribution in [0.25, 0.3) is 0 Å². The molecule has 3 heteroatoms. The summed E-state index contributed by atoms with van der Waals surface area (Å²) >= 11 is 0. The fourth-order valence-electron chi connectivity index (χ4n) is 2.14. The number of carboxylic acid groups (broad SMARTS) is 1. The third-order valence-corrected chi connectivity index (χ3v) is 6.20. The molecule has 0 aliphatic carbocycles. The van der Waals surface area contributed by atoms with E-state index in [0.29, 0.717) is 16.6 Å². The van der Waals surface area contributed by atoms with Crippen LogP contribution in [0.3, 0.4) is 0 Å². The van der Waals surface area contributed by atoms with Crippen molar-refractivity contribution in [2.75, 3.05) is 0 Å². The molecule has 0 spiro atoms. The second-order valence-corrected chi connectivity index (χ2v) is 8.44. The van der Waals surface area contributed by atoms with Gasteiger partial charge < -0.3 is 5.11 Å². The average Bonchev–Trinajstić information content (AvgIpc) is 2.17. The summed E-state index contributed by atoms with van der Waals surface area (Å²) in [6.07, 6.45) is 0. The molecule has 1 radical (unpaired) electrons. The van der Waals surface area contributed by atoms with Crippen molar-refractivity contribution in [2.45, 2.75) is 38.8 Å². The molecule has 0 heterocycles. The van der Waals surface area contributed by atoms with Crippen molar-refractivity contribution in [3.8, 4) is 0 Å². The highest BCUT2D eigenvalue weighted by molar-refractivity contribution is 6.75. The Kier molecular flexibility index (Phi) is 4.30. The zero-order valence-corrected chi connectivity index (χ0v) is 11.3. The second kappa shape index (κ2) is 5.30. The van der Waals surface area contributed by atoms with Crippen LogP contribution in [0.15, 0.2) is 24.3 Å². The van der Waals surface area contributed by atoms with E-state index in [9.17, 15) is 4.79 Å². The number of rotatable bonds is 4. The Morgan fingerprint density at radius 1 is 1.06 bits per heavy atom. The molecular weight excluding hydrogens is 216 g/mol. The third-order valence-electron chi connectivity index (χ3n) is 2.71. The molecule has 0 bridgehead atoms. The molecular formula is C13H19O2Si. The molecule has 0 amide bonds. The maximum absolute atomic E-state index is 10.8. The molecule has 87 valence electrons. The molecule has 1 rings (SSSR count). The summed E-state index contributed by atoms with van der Waals surface area (Å²) < 4.78 is 0. The number of aromatic carboxylic acids is 1. The van der Waals surface area contributed by atoms with Crippen LogP contribution in [0.5, 0.6) is 0 Å². The highest BCUT2D eigenvalue weighted by Crippen LogP contribution is 2.19. The van der Waals surface area contributed by atoms with Crippen molar-refractivity contribution < 1.29 is 9.90 Å². The summed E-state index contributed by atoms with van der Waals surface area (Å²) in [5.41, 5.74) is 1.71. The summed E-state index contributed by atoms with van der Waals surface area (Å²) in [4.78, 5) is 10.8. The van der Waals surface area contributed by atoms with Crippen LogP contribution < -0.4 is 5.19 Å². The fourth-order valence-corrected chi connectivity index (χ4v) is 5.36. The lowest BCUT2D eigenvalue weighted by Gasteiger charge is -2.23. The van der Waals surface area contributed by atoms with Gasteiger partial charge >= 0.3 is 5.97 Å². The van der Waals surface area contributed by atoms with Crippen molar-refractivity contribution in [3.63, 3.8) is 0 Å². The number of carbonyl (C=O) groups is 1. The Morgan fingerprint density at radius 3 is 1.81 bits per heavy atom. The first-order valence-corrected chi connectivity index (χ1v) is 7.29. The maximum atomic E-state index is 10.8. The normalized spacial score (nSPS) is 11.4. The van der Waals surface area contributed by atoms with E-state index in [2.05, 4.69) is 27.7 Å². The second-order valence-electron chi connectivity index (χ2n) is 4.65. The van der Waals surface area contributed by atoms with Gasteiger partial charge in [-0.1, -0.05) is 45.0 Å². The van der Waals surface area contributed by atoms with E-state index in [1.807, 2.05) is 12.1 Å². The van der Waals surface area contributed by atoms with Crippen LogP contribution in [-0.4, -0.2) is 19.9 Å². The molecule has 0 saturated heterocycles. The topological polar surface area (TPSA) is 37.3 Å². The summed E-state index contributed by atoms with van der Waals surface area (Å²) in [6, 6.07) is 7.40. The Hall–Kier alpha value is -1.09. The molecule has 2 nitrogen and oxygen atoms in total. The van der Waals surface area contributed by atoms with Crippen LogP contribution >= 0.6 is 0 Å². The summed E-state index contributed by atoms with van der Waals surface area (Å²) in [5.74, 6) is -0.852. The van der Waals surface area contributed by atoms with Crippen molar-refractivity contribution in [2.24, 2.45) is 0 Å². The van der Waals surface area contributed by atoms with Gasteiger partial charge in [-0.25, -0.2) is 4.79 Å². The van der Waals surface area contributed by atoms with Gasteiger partial charge in [0.05, 0.1) is 14.4 Å². The van der Waals surface area contributed by atoms with Crippen molar-refractivity contribution >= 4 is 20.0 Å². The molecule has 0 aliphatic rings. The molecule has 1 aromatic rings. The van der Waals surface area contributed by atoms with Gasteiger partial charge in [0.1, 0.15) is 0 Å². The summed E-state index contributed by atoms with van der Waals surface area (Å²) in [6.45, 7) is 9.00. The molecule has 1 N–H and O–H groups in total. The molecule has 0 fully saturated rings. The van der Waals surface area contributed by atoms with Gasteiger partial charge in [0, 0.05) is 0 Å². The predicted molar refractivity (Wildman–Crippen MR) is 69.0 cm³/mol. The number of hydrogen-bond donors (Lipinski definition) is 1. The van der Waals surface area contributed by atoms with Gasteiger partial charge in [0.15, 0.2) is 0 Å². The van der Waals surface area contributed by atoms with E-state index in [1.165, 1.54) is 5.19 Å². The van der Waals surface area contributed by atoms with Gasteiger partial charge in [-0.3, -0.25) is 0 Å². The number of carboxylic acids is 1. The highest BCUT2D eigenvalue weighted by Gasteiger charge is 2.22. The van der Waals surface area contributed by atoms with E-state index < -0.39 is 14.8 Å². The van der Waals surface area contributed by atoms with Gasteiger partial charge in [0.25, 0.3) is 0 Å². The molecule has 0 saturated carbocycles. The zero-order valence-electron chi connectivity index (χ0n) is 10.3. The Bertz CT molecular complexity index is 347. The van der Waals surface area contributed by atoms with Crippen molar-refractivity contribution in [1.29, 1.82) is 0 Å². The largest absolute Gasteiger partial charge is 0.478 e. The Morgan fingerprint density at radius 2 is 1.50 bits per heavy atom. The quantitative estimate of drug-likeness (QED) is 0.815. The van der Waals surface area contributed by atoms with Crippen LogP contribution in [0.4, 0.5) is 0 Å². The van der Waals surface area contributed by atoms with Gasteiger partial charge in [-0.15, -0.1) is 0 Å².